The number of pyridine rings is 1. The molecule has 0 spiro atoms. The summed E-state index contributed by atoms with van der Waals surface area (Å²) in [6, 6.07) is 5.58. The second kappa shape index (κ2) is 11.5. The number of carboxylic acid groups (broad SMARTS) is 1. The van der Waals surface area contributed by atoms with E-state index in [1.54, 1.807) is 19.3 Å². The smallest absolute Gasteiger partial charge is 0.304 e. The molecule has 1 atom stereocenters. The van der Waals surface area contributed by atoms with E-state index in [4.69, 9.17) is 4.74 Å². The normalized spacial score (nSPS) is 17.8. The first-order valence-corrected chi connectivity index (χ1v) is 14.9. The fraction of sp³-hybridized carbons (Fsp3) is 0.433. The van der Waals surface area contributed by atoms with E-state index in [2.05, 4.69) is 9.97 Å². The quantitative estimate of drug-likeness (QED) is 0.367. The number of hydrogen-bond acceptors (Lipinski definition) is 7. The maximum Gasteiger partial charge on any atom is 0.304 e. The number of carboxylic acids is 1. The van der Waals surface area contributed by atoms with Crippen molar-refractivity contribution in [3.8, 4) is 22.4 Å². The minimum Gasteiger partial charge on any atom is -0.481 e. The van der Waals surface area contributed by atoms with Crippen LogP contribution in [0.15, 0.2) is 30.5 Å². The molecular weight excluding hydrogens is 566 g/mol. The van der Waals surface area contributed by atoms with E-state index in [1.807, 2.05) is 0 Å². The van der Waals surface area contributed by atoms with Gasteiger partial charge in [-0.05, 0) is 61.8 Å². The third-order valence-electron chi connectivity index (χ3n) is 8.18. The molecule has 9 nitrogen and oxygen atoms in total. The third kappa shape index (κ3) is 5.65. The molecule has 220 valence electrons. The number of nitrogens with zero attached hydrogens (tertiary/aromatic N) is 4. The van der Waals surface area contributed by atoms with Crippen molar-refractivity contribution in [2.45, 2.75) is 51.0 Å². The topological polar surface area (TPSA) is 113 Å². The van der Waals surface area contributed by atoms with E-state index < -0.39 is 22.8 Å². The lowest BCUT2D eigenvalue weighted by Crippen LogP contribution is -2.40. The highest BCUT2D eigenvalue weighted by Gasteiger charge is 2.40. The van der Waals surface area contributed by atoms with E-state index in [9.17, 15) is 23.9 Å². The number of anilines is 2. The summed E-state index contributed by atoms with van der Waals surface area (Å²) in [6.07, 6.45) is 4.76. The molecule has 1 aliphatic carbocycles. The first-order valence-electron chi connectivity index (χ1n) is 14.0. The zero-order valence-corrected chi connectivity index (χ0v) is 23.8. The van der Waals surface area contributed by atoms with Crippen LogP contribution in [-0.4, -0.2) is 59.2 Å². The van der Waals surface area contributed by atoms with Crippen molar-refractivity contribution in [1.82, 2.24) is 9.97 Å². The van der Waals surface area contributed by atoms with Crippen molar-refractivity contribution in [3.05, 3.63) is 47.0 Å². The fourth-order valence-electron chi connectivity index (χ4n) is 5.83. The van der Waals surface area contributed by atoms with Crippen LogP contribution in [0.1, 0.15) is 44.1 Å². The first kappa shape index (κ1) is 28.4. The van der Waals surface area contributed by atoms with Gasteiger partial charge in [0.15, 0.2) is 5.13 Å². The van der Waals surface area contributed by atoms with Crippen molar-refractivity contribution in [3.63, 3.8) is 0 Å². The van der Waals surface area contributed by atoms with Gasteiger partial charge in [-0.15, -0.1) is 0 Å². The number of carbonyl (C=O) groups is 3. The molecule has 1 unspecified atom stereocenters. The van der Waals surface area contributed by atoms with Gasteiger partial charge in [0.25, 0.3) is 0 Å². The van der Waals surface area contributed by atoms with Gasteiger partial charge in [-0.2, -0.15) is 4.39 Å². The molecule has 3 aliphatic rings. The van der Waals surface area contributed by atoms with Gasteiger partial charge in [0.1, 0.15) is 17.3 Å². The maximum atomic E-state index is 15.7. The molecule has 6 rings (SSSR count). The number of hydrogen-bond donors (Lipinski definition) is 1. The van der Waals surface area contributed by atoms with Crippen LogP contribution in [-0.2, 0) is 25.5 Å². The minimum absolute atomic E-state index is 0.0907. The molecule has 42 heavy (non-hydrogen) atoms. The van der Waals surface area contributed by atoms with Crippen molar-refractivity contribution in [2.24, 2.45) is 11.8 Å². The highest BCUT2D eigenvalue weighted by molar-refractivity contribution is 7.14. The Hall–Kier alpha value is -3.77. The van der Waals surface area contributed by atoms with E-state index in [0.717, 1.165) is 12.8 Å². The Morgan fingerprint density at radius 1 is 1.17 bits per heavy atom. The number of rotatable bonds is 9. The van der Waals surface area contributed by atoms with Crippen LogP contribution in [0.2, 0.25) is 0 Å². The zero-order valence-electron chi connectivity index (χ0n) is 23.0. The summed E-state index contributed by atoms with van der Waals surface area (Å²) in [4.78, 5) is 49.6. The number of benzene rings is 1. The van der Waals surface area contributed by atoms with Gasteiger partial charge in [0.05, 0.1) is 12.8 Å². The molecule has 2 fully saturated rings. The van der Waals surface area contributed by atoms with Crippen LogP contribution in [0, 0.1) is 22.8 Å². The molecule has 12 heteroatoms. The summed E-state index contributed by atoms with van der Waals surface area (Å²) in [6.45, 7) is 1.16. The lowest BCUT2D eigenvalue weighted by Gasteiger charge is -2.29. The molecule has 2 aliphatic heterocycles. The molecule has 3 aromatic rings. The van der Waals surface area contributed by atoms with Gasteiger partial charge < -0.3 is 9.84 Å². The summed E-state index contributed by atoms with van der Waals surface area (Å²) in [5.41, 5.74) is 1.87. The Bertz CT molecular complexity index is 1550. The molecule has 1 saturated carbocycles. The summed E-state index contributed by atoms with van der Waals surface area (Å²) < 4.78 is 35.6. The average Bonchev–Trinajstić information content (AvgIpc) is 3.66. The van der Waals surface area contributed by atoms with Crippen molar-refractivity contribution < 1.29 is 33.0 Å². The van der Waals surface area contributed by atoms with Crippen molar-refractivity contribution in [1.29, 1.82) is 0 Å². The predicted molar refractivity (Wildman–Crippen MR) is 152 cm³/mol. The third-order valence-corrected chi connectivity index (χ3v) is 9.03. The van der Waals surface area contributed by atoms with E-state index in [1.165, 1.54) is 28.0 Å². The first-order chi connectivity index (χ1) is 20.2. The standard InChI is InChI=1S/C30H30F2N4O5S/c1-35-24(37)12-17-11-19(15-33-28(17)35)22-5-2-20(31)14-23(22)26-27(32)42-30(34-26)36(21-3-4-21)29(40)18(13-25(38)39)10-16-6-8-41-9-7-16/h2,5,11,14-16,18,21H,3-4,6-10,12-13H2,1H3,(H,38,39). The molecule has 0 radical (unpaired) electrons. The number of thiazole rings is 1. The van der Waals surface area contributed by atoms with Gasteiger partial charge in [0.2, 0.25) is 16.9 Å². The molecule has 1 N–H and O–H groups in total. The highest BCUT2D eigenvalue weighted by Crippen LogP contribution is 2.42. The summed E-state index contributed by atoms with van der Waals surface area (Å²) >= 11 is 0.697. The monoisotopic (exact) mass is 596 g/mol. The number of aromatic nitrogens is 2. The summed E-state index contributed by atoms with van der Waals surface area (Å²) in [5.74, 6) is -2.17. The second-order valence-corrected chi connectivity index (χ2v) is 12.1. The van der Waals surface area contributed by atoms with E-state index in [0.29, 0.717) is 66.3 Å². The fourth-order valence-corrected chi connectivity index (χ4v) is 6.72. The van der Waals surface area contributed by atoms with Gasteiger partial charge in [-0.1, -0.05) is 17.4 Å². The lowest BCUT2D eigenvalue weighted by atomic mass is 9.86. The Morgan fingerprint density at radius 3 is 2.64 bits per heavy atom. The number of halogens is 2. The van der Waals surface area contributed by atoms with Gasteiger partial charge in [-0.25, -0.2) is 14.4 Å². The Balaban J connectivity index is 1.34. The average molecular weight is 597 g/mol. The molecule has 2 amide bonds. The molecule has 1 aromatic carbocycles. The SMILES string of the molecule is CN1C(=O)Cc2cc(-c3ccc(F)cc3-c3nc(N(C(=O)C(CC(=O)O)CC4CCOCC4)C4CC4)sc3F)cnc21. The summed E-state index contributed by atoms with van der Waals surface area (Å²) in [5, 5.41) is 9.04. The molecule has 2 aromatic heterocycles. The Morgan fingerprint density at radius 2 is 1.93 bits per heavy atom. The zero-order chi connectivity index (χ0) is 29.5. The molecular formula is C30H30F2N4O5S. The molecule has 0 bridgehead atoms. The number of amides is 2. The number of likely N-dealkylation sites (N-methyl/N-ethyl adjacent to an activating group) is 1. The summed E-state index contributed by atoms with van der Waals surface area (Å²) in [7, 11) is 1.65. The number of aliphatic carboxylic acids is 1. The van der Waals surface area contributed by atoms with Gasteiger partial charge in [0, 0.05) is 55.1 Å². The number of carbonyl (C=O) groups excluding carboxylic acids is 2. The minimum atomic E-state index is -1.07. The van der Waals surface area contributed by atoms with Crippen LogP contribution in [0.5, 0.6) is 0 Å². The van der Waals surface area contributed by atoms with Gasteiger partial charge in [-0.3, -0.25) is 24.2 Å². The number of ether oxygens (including phenoxy) is 1. The lowest BCUT2D eigenvalue weighted by molar-refractivity contribution is -0.141. The van der Waals surface area contributed by atoms with E-state index >= 15 is 4.39 Å². The van der Waals surface area contributed by atoms with Crippen LogP contribution in [0.3, 0.4) is 0 Å². The van der Waals surface area contributed by atoms with Gasteiger partial charge >= 0.3 is 5.97 Å². The van der Waals surface area contributed by atoms with Crippen LogP contribution in [0.4, 0.5) is 19.7 Å². The van der Waals surface area contributed by atoms with Crippen LogP contribution >= 0.6 is 11.3 Å². The predicted octanol–water partition coefficient (Wildman–Crippen LogP) is 5.07. The Kier molecular flexibility index (Phi) is 7.75. The Labute approximate surface area is 245 Å². The van der Waals surface area contributed by atoms with Crippen molar-refractivity contribution in [2.75, 3.05) is 30.1 Å². The highest BCUT2D eigenvalue weighted by atomic mass is 32.1. The largest absolute Gasteiger partial charge is 0.481 e. The number of fused-ring (bicyclic) bond motifs is 1. The van der Waals surface area contributed by atoms with Crippen LogP contribution in [0.25, 0.3) is 22.4 Å². The molecule has 4 heterocycles. The van der Waals surface area contributed by atoms with Crippen LogP contribution < -0.4 is 9.80 Å². The molecule has 1 saturated heterocycles. The van der Waals surface area contributed by atoms with E-state index in [-0.39, 0.29) is 53.0 Å². The maximum absolute atomic E-state index is 15.7. The van der Waals surface area contributed by atoms with Crippen molar-refractivity contribution >= 4 is 40.1 Å². The second-order valence-electron chi connectivity index (χ2n) is 11.2.